The molecule has 0 saturated heterocycles. The number of furan rings is 1. The van der Waals surface area contributed by atoms with E-state index in [1.807, 2.05) is 24.3 Å². The fraction of sp³-hybridized carbons (Fsp3) is 0.308. The molecule has 3 heteroatoms. The van der Waals surface area contributed by atoms with Crippen molar-refractivity contribution >= 4 is 16.9 Å². The van der Waals surface area contributed by atoms with E-state index in [4.69, 9.17) is 9.15 Å². The number of methoxy groups -OCH3 is 1. The van der Waals surface area contributed by atoms with Crippen molar-refractivity contribution in [3.63, 3.8) is 0 Å². The molecule has 82 valence electrons. The monoisotopic (exact) mass is 216 g/mol. The number of benzene rings is 1. The summed E-state index contributed by atoms with van der Waals surface area (Å²) in [6, 6.07) is 7.77. The minimum atomic E-state index is -0.443. The Morgan fingerprint density at radius 1 is 1.38 bits per heavy atom. The molecule has 1 aromatic heterocycles. The number of para-hydroxylation sites is 1. The third kappa shape index (κ3) is 1.11. The van der Waals surface area contributed by atoms with Gasteiger partial charge < -0.3 is 9.15 Å². The molecule has 1 fully saturated rings. The van der Waals surface area contributed by atoms with Gasteiger partial charge in [-0.2, -0.15) is 0 Å². The summed E-state index contributed by atoms with van der Waals surface area (Å²) in [6.07, 6.45) is 3.39. The number of rotatable bonds is 2. The molecular formula is C13H12O3. The van der Waals surface area contributed by atoms with Crippen LogP contribution in [0.3, 0.4) is 0 Å². The van der Waals surface area contributed by atoms with E-state index in [-0.39, 0.29) is 5.97 Å². The van der Waals surface area contributed by atoms with Crippen molar-refractivity contribution in [1.82, 2.24) is 0 Å². The molecule has 0 N–H and O–H groups in total. The standard InChI is InChI=1S/C13H12O3/c1-15-12(14)13(6-7-13)10-8-16-11-5-3-2-4-9(10)11/h2-5,8H,6-7H2,1H3. The fourth-order valence-electron chi connectivity index (χ4n) is 2.25. The molecule has 16 heavy (non-hydrogen) atoms. The number of carbonyl (C=O) groups is 1. The van der Waals surface area contributed by atoms with Crippen LogP contribution in [0.5, 0.6) is 0 Å². The van der Waals surface area contributed by atoms with Crippen molar-refractivity contribution in [2.75, 3.05) is 7.11 Å². The van der Waals surface area contributed by atoms with Crippen molar-refractivity contribution in [2.24, 2.45) is 0 Å². The highest BCUT2D eigenvalue weighted by Crippen LogP contribution is 2.51. The molecule has 3 rings (SSSR count). The maximum absolute atomic E-state index is 11.8. The molecule has 1 aliphatic carbocycles. The molecule has 1 saturated carbocycles. The lowest BCUT2D eigenvalue weighted by Crippen LogP contribution is -2.21. The van der Waals surface area contributed by atoms with Crippen LogP contribution in [0.4, 0.5) is 0 Å². The number of hydrogen-bond acceptors (Lipinski definition) is 3. The number of carbonyl (C=O) groups excluding carboxylic acids is 1. The molecule has 0 bridgehead atoms. The Hall–Kier alpha value is -1.77. The summed E-state index contributed by atoms with van der Waals surface area (Å²) in [5, 5.41) is 1.02. The van der Waals surface area contributed by atoms with Crippen LogP contribution in [0, 0.1) is 0 Å². The van der Waals surface area contributed by atoms with Crippen LogP contribution in [0.2, 0.25) is 0 Å². The highest BCUT2D eigenvalue weighted by Gasteiger charge is 2.54. The summed E-state index contributed by atoms with van der Waals surface area (Å²) < 4.78 is 10.3. The van der Waals surface area contributed by atoms with Crippen LogP contribution in [-0.2, 0) is 14.9 Å². The van der Waals surface area contributed by atoms with Crippen LogP contribution in [0.1, 0.15) is 18.4 Å². The summed E-state index contributed by atoms with van der Waals surface area (Å²) in [5.74, 6) is -0.154. The van der Waals surface area contributed by atoms with Gasteiger partial charge in [-0.15, -0.1) is 0 Å². The Labute approximate surface area is 93.0 Å². The van der Waals surface area contributed by atoms with Crippen molar-refractivity contribution in [1.29, 1.82) is 0 Å². The second-order valence-electron chi connectivity index (χ2n) is 4.22. The minimum absolute atomic E-state index is 0.154. The van der Waals surface area contributed by atoms with Gasteiger partial charge in [0.25, 0.3) is 0 Å². The van der Waals surface area contributed by atoms with Crippen LogP contribution < -0.4 is 0 Å². The van der Waals surface area contributed by atoms with Gasteiger partial charge >= 0.3 is 5.97 Å². The molecule has 0 radical (unpaired) electrons. The largest absolute Gasteiger partial charge is 0.468 e. The van der Waals surface area contributed by atoms with E-state index >= 15 is 0 Å². The zero-order valence-electron chi connectivity index (χ0n) is 9.03. The summed E-state index contributed by atoms with van der Waals surface area (Å²) in [7, 11) is 1.44. The van der Waals surface area contributed by atoms with Gasteiger partial charge in [-0.3, -0.25) is 4.79 Å². The van der Waals surface area contributed by atoms with Crippen molar-refractivity contribution in [2.45, 2.75) is 18.3 Å². The topological polar surface area (TPSA) is 39.4 Å². The molecule has 0 amide bonds. The summed E-state index contributed by atoms with van der Waals surface area (Å²) in [4.78, 5) is 11.8. The van der Waals surface area contributed by atoms with Crippen LogP contribution in [0.25, 0.3) is 11.0 Å². The zero-order chi connectivity index (χ0) is 11.2. The maximum Gasteiger partial charge on any atom is 0.316 e. The summed E-state index contributed by atoms with van der Waals surface area (Å²) >= 11 is 0. The van der Waals surface area contributed by atoms with Crippen molar-refractivity contribution in [3.8, 4) is 0 Å². The van der Waals surface area contributed by atoms with Gasteiger partial charge in [-0.1, -0.05) is 18.2 Å². The number of fused-ring (bicyclic) bond motifs is 1. The Morgan fingerprint density at radius 2 is 2.12 bits per heavy atom. The second kappa shape index (κ2) is 3.11. The Kier molecular flexibility index (Phi) is 1.84. The molecule has 3 nitrogen and oxygen atoms in total. The molecule has 2 aromatic rings. The number of ether oxygens (including phenoxy) is 1. The maximum atomic E-state index is 11.8. The molecular weight excluding hydrogens is 204 g/mol. The minimum Gasteiger partial charge on any atom is -0.468 e. The van der Waals surface area contributed by atoms with Gasteiger partial charge in [0.1, 0.15) is 5.58 Å². The van der Waals surface area contributed by atoms with Gasteiger partial charge in [-0.05, 0) is 18.9 Å². The average Bonchev–Trinajstić information content (AvgIpc) is 3.02. The average molecular weight is 216 g/mol. The molecule has 1 heterocycles. The first-order valence-electron chi connectivity index (χ1n) is 5.33. The SMILES string of the molecule is COC(=O)C1(c2coc3ccccc23)CC1. The molecule has 0 unspecified atom stereocenters. The van der Waals surface area contributed by atoms with Gasteiger partial charge in [0.2, 0.25) is 0 Å². The van der Waals surface area contributed by atoms with E-state index in [9.17, 15) is 4.79 Å². The van der Waals surface area contributed by atoms with Gasteiger partial charge in [0.15, 0.2) is 0 Å². The van der Waals surface area contributed by atoms with E-state index < -0.39 is 5.41 Å². The van der Waals surface area contributed by atoms with Gasteiger partial charge in [0.05, 0.1) is 18.8 Å². The number of hydrogen-bond donors (Lipinski definition) is 0. The van der Waals surface area contributed by atoms with E-state index in [0.29, 0.717) is 0 Å². The first-order chi connectivity index (χ1) is 7.78. The van der Waals surface area contributed by atoms with Crippen molar-refractivity contribution in [3.05, 3.63) is 36.1 Å². The Morgan fingerprint density at radius 3 is 2.81 bits per heavy atom. The van der Waals surface area contributed by atoms with Crippen LogP contribution in [-0.4, -0.2) is 13.1 Å². The molecule has 0 aliphatic heterocycles. The predicted octanol–water partition coefficient (Wildman–Crippen LogP) is 2.64. The van der Waals surface area contributed by atoms with Crippen LogP contribution in [0.15, 0.2) is 34.9 Å². The van der Waals surface area contributed by atoms with Gasteiger partial charge in [0, 0.05) is 10.9 Å². The first kappa shape index (κ1) is 9.46. The molecule has 0 atom stereocenters. The Bertz CT molecular complexity index is 549. The van der Waals surface area contributed by atoms with E-state index in [2.05, 4.69) is 0 Å². The first-order valence-corrected chi connectivity index (χ1v) is 5.33. The quantitative estimate of drug-likeness (QED) is 0.724. The molecule has 1 aromatic carbocycles. The van der Waals surface area contributed by atoms with Crippen molar-refractivity contribution < 1.29 is 13.9 Å². The Balaban J connectivity index is 2.16. The summed E-state index contributed by atoms with van der Waals surface area (Å²) in [6.45, 7) is 0. The van der Waals surface area contributed by atoms with E-state index in [1.54, 1.807) is 6.26 Å². The van der Waals surface area contributed by atoms with E-state index in [0.717, 1.165) is 29.4 Å². The normalized spacial score (nSPS) is 17.3. The van der Waals surface area contributed by atoms with Gasteiger partial charge in [-0.25, -0.2) is 0 Å². The van der Waals surface area contributed by atoms with Crippen LogP contribution >= 0.6 is 0 Å². The fourth-order valence-corrected chi connectivity index (χ4v) is 2.25. The highest BCUT2D eigenvalue weighted by atomic mass is 16.5. The zero-order valence-corrected chi connectivity index (χ0v) is 9.03. The van der Waals surface area contributed by atoms with E-state index in [1.165, 1.54) is 7.11 Å². The highest BCUT2D eigenvalue weighted by molar-refractivity contribution is 5.94. The summed E-state index contributed by atoms with van der Waals surface area (Å²) in [5.41, 5.74) is 1.35. The molecule has 1 aliphatic rings. The molecule has 0 spiro atoms. The lowest BCUT2D eigenvalue weighted by Gasteiger charge is -2.10. The third-order valence-electron chi connectivity index (χ3n) is 3.32. The lowest BCUT2D eigenvalue weighted by atomic mass is 9.96. The number of esters is 1. The smallest absolute Gasteiger partial charge is 0.316 e. The lowest BCUT2D eigenvalue weighted by molar-refractivity contribution is -0.143. The third-order valence-corrected chi connectivity index (χ3v) is 3.32. The second-order valence-corrected chi connectivity index (χ2v) is 4.22. The predicted molar refractivity (Wildman–Crippen MR) is 59.1 cm³/mol.